The van der Waals surface area contributed by atoms with Crippen LogP contribution in [0.5, 0.6) is 5.75 Å². The van der Waals surface area contributed by atoms with Gasteiger partial charge in [-0.3, -0.25) is 4.98 Å². The molecule has 1 heterocycles. The molecule has 1 aromatic heterocycles. The Kier molecular flexibility index (Phi) is 2.44. The summed E-state index contributed by atoms with van der Waals surface area (Å²) in [5, 5.41) is 10.7. The second kappa shape index (κ2) is 3.77. The molecule has 4 nitrogen and oxygen atoms in total. The molecule has 0 aliphatic rings. The maximum atomic E-state index is 13.5. The summed E-state index contributed by atoms with van der Waals surface area (Å²) in [5.74, 6) is -1.63. The van der Waals surface area contributed by atoms with Gasteiger partial charge in [-0.2, -0.15) is 0 Å². The van der Waals surface area contributed by atoms with Crippen LogP contribution in [-0.2, 0) is 0 Å². The van der Waals surface area contributed by atoms with Crippen LogP contribution in [0.25, 0.3) is 10.9 Å². The fourth-order valence-electron chi connectivity index (χ4n) is 1.39. The lowest BCUT2D eigenvalue weighted by atomic mass is 10.1. The van der Waals surface area contributed by atoms with E-state index in [2.05, 4.69) is 4.98 Å². The highest BCUT2D eigenvalue weighted by molar-refractivity contribution is 5.91. The van der Waals surface area contributed by atoms with Crippen LogP contribution < -0.4 is 9.84 Å². The molecule has 0 bridgehead atoms. The zero-order valence-corrected chi connectivity index (χ0v) is 8.36. The van der Waals surface area contributed by atoms with Crippen LogP contribution in [0.2, 0.25) is 0 Å². The summed E-state index contributed by atoms with van der Waals surface area (Å²) < 4.78 is 18.4. The molecule has 0 aliphatic carbocycles. The van der Waals surface area contributed by atoms with Crippen molar-refractivity contribution in [2.75, 3.05) is 7.11 Å². The molecule has 16 heavy (non-hydrogen) atoms. The van der Waals surface area contributed by atoms with Crippen LogP contribution in [0, 0.1) is 5.82 Å². The van der Waals surface area contributed by atoms with Crippen molar-refractivity contribution in [2.24, 2.45) is 0 Å². The molecule has 82 valence electrons. The Morgan fingerprint density at radius 3 is 2.81 bits per heavy atom. The number of ether oxygens (including phenoxy) is 1. The zero-order chi connectivity index (χ0) is 11.7. The average Bonchev–Trinajstić information content (AvgIpc) is 2.28. The molecule has 2 aromatic rings. The fourth-order valence-corrected chi connectivity index (χ4v) is 1.39. The maximum Gasteiger partial charge on any atom is 0.136 e. The number of halogens is 1. The van der Waals surface area contributed by atoms with Crippen molar-refractivity contribution in [1.82, 2.24) is 4.98 Å². The minimum Gasteiger partial charge on any atom is -0.545 e. The summed E-state index contributed by atoms with van der Waals surface area (Å²) in [6.45, 7) is 0. The number of nitrogens with zero attached hydrogens (tertiary/aromatic N) is 1. The smallest absolute Gasteiger partial charge is 0.136 e. The zero-order valence-electron chi connectivity index (χ0n) is 8.36. The average molecular weight is 220 g/mol. The van der Waals surface area contributed by atoms with E-state index in [4.69, 9.17) is 4.74 Å². The quantitative estimate of drug-likeness (QED) is 0.749. The van der Waals surface area contributed by atoms with Crippen molar-refractivity contribution < 1.29 is 19.0 Å². The van der Waals surface area contributed by atoms with Gasteiger partial charge in [-0.25, -0.2) is 4.39 Å². The number of rotatable bonds is 2. The molecular weight excluding hydrogens is 213 g/mol. The van der Waals surface area contributed by atoms with Crippen molar-refractivity contribution in [3.8, 4) is 5.75 Å². The van der Waals surface area contributed by atoms with E-state index >= 15 is 0 Å². The molecule has 0 saturated heterocycles. The Hall–Kier alpha value is -2.17. The van der Waals surface area contributed by atoms with Crippen molar-refractivity contribution in [3.05, 3.63) is 35.8 Å². The highest BCUT2D eigenvalue weighted by Crippen LogP contribution is 2.23. The summed E-state index contributed by atoms with van der Waals surface area (Å²) in [5.41, 5.74) is 0.179. The number of carboxylic acids is 1. The third-order valence-corrected chi connectivity index (χ3v) is 2.20. The Morgan fingerprint density at radius 1 is 1.44 bits per heavy atom. The maximum absolute atomic E-state index is 13.5. The number of carbonyl (C=O) groups excluding carboxylic acids is 1. The summed E-state index contributed by atoms with van der Waals surface area (Å²) in [6, 6.07) is 3.88. The topological polar surface area (TPSA) is 62.2 Å². The van der Waals surface area contributed by atoms with Crippen LogP contribution in [0.4, 0.5) is 4.39 Å². The van der Waals surface area contributed by atoms with E-state index in [9.17, 15) is 14.3 Å². The van der Waals surface area contributed by atoms with Gasteiger partial charge in [0.05, 0.1) is 18.6 Å². The van der Waals surface area contributed by atoms with E-state index in [0.29, 0.717) is 11.3 Å². The SMILES string of the molecule is COc1cc(F)c2cc(C(=O)[O-])cnc2c1. The third kappa shape index (κ3) is 1.67. The molecule has 0 N–H and O–H groups in total. The monoisotopic (exact) mass is 220 g/mol. The summed E-state index contributed by atoms with van der Waals surface area (Å²) in [6.07, 6.45) is 1.12. The van der Waals surface area contributed by atoms with Crippen LogP contribution in [-0.4, -0.2) is 18.1 Å². The lowest BCUT2D eigenvalue weighted by Gasteiger charge is -2.06. The van der Waals surface area contributed by atoms with Gasteiger partial charge >= 0.3 is 0 Å². The fraction of sp³-hybridized carbons (Fsp3) is 0.0909. The molecule has 1 aromatic carbocycles. The van der Waals surface area contributed by atoms with Gasteiger partial charge < -0.3 is 14.6 Å². The van der Waals surface area contributed by atoms with Gasteiger partial charge in [0.1, 0.15) is 11.6 Å². The molecule has 0 atom stereocenters. The Bertz CT molecular complexity index is 568. The summed E-state index contributed by atoms with van der Waals surface area (Å²) >= 11 is 0. The standard InChI is InChI=1S/C11H8FNO3/c1-16-7-3-9(12)8-2-6(11(14)15)5-13-10(8)4-7/h2-5H,1H3,(H,14,15)/p-1. The van der Waals surface area contributed by atoms with Crippen LogP contribution in [0.15, 0.2) is 24.4 Å². The molecule has 0 amide bonds. The number of aromatic nitrogens is 1. The Labute approximate surface area is 90.3 Å². The minimum atomic E-state index is -1.38. The number of hydrogen-bond acceptors (Lipinski definition) is 4. The first kappa shape index (κ1) is 10.4. The number of methoxy groups -OCH3 is 1. The number of pyridine rings is 1. The van der Waals surface area contributed by atoms with Gasteiger partial charge in [-0.1, -0.05) is 0 Å². The molecular formula is C11H7FNO3-. The summed E-state index contributed by atoms with van der Waals surface area (Å²) in [7, 11) is 1.41. The van der Waals surface area contributed by atoms with E-state index in [1.54, 1.807) is 0 Å². The van der Waals surface area contributed by atoms with Gasteiger partial charge in [-0.15, -0.1) is 0 Å². The Balaban J connectivity index is 2.70. The number of carbonyl (C=O) groups is 1. The van der Waals surface area contributed by atoms with E-state index in [1.807, 2.05) is 0 Å². The van der Waals surface area contributed by atoms with Crippen LogP contribution in [0.3, 0.4) is 0 Å². The Morgan fingerprint density at radius 2 is 2.19 bits per heavy atom. The van der Waals surface area contributed by atoms with E-state index < -0.39 is 11.8 Å². The van der Waals surface area contributed by atoms with Crippen molar-refractivity contribution >= 4 is 16.9 Å². The van der Waals surface area contributed by atoms with E-state index in [-0.39, 0.29) is 10.9 Å². The predicted molar refractivity (Wildman–Crippen MR) is 52.6 cm³/mol. The first-order valence-electron chi connectivity index (χ1n) is 4.46. The lowest BCUT2D eigenvalue weighted by molar-refractivity contribution is -0.255. The van der Waals surface area contributed by atoms with Crippen molar-refractivity contribution in [2.45, 2.75) is 0 Å². The molecule has 0 spiro atoms. The minimum absolute atomic E-state index is 0.127. The first-order valence-corrected chi connectivity index (χ1v) is 4.46. The molecule has 5 heteroatoms. The van der Waals surface area contributed by atoms with Gasteiger partial charge in [0.2, 0.25) is 0 Å². The van der Waals surface area contributed by atoms with Crippen LogP contribution in [0.1, 0.15) is 10.4 Å². The number of hydrogen-bond donors (Lipinski definition) is 0. The molecule has 0 radical (unpaired) electrons. The highest BCUT2D eigenvalue weighted by atomic mass is 19.1. The molecule has 0 fully saturated rings. The molecule has 0 saturated carbocycles. The molecule has 2 rings (SSSR count). The largest absolute Gasteiger partial charge is 0.545 e. The van der Waals surface area contributed by atoms with Gasteiger partial charge in [0.25, 0.3) is 0 Å². The van der Waals surface area contributed by atoms with Gasteiger partial charge in [-0.05, 0) is 6.07 Å². The third-order valence-electron chi connectivity index (χ3n) is 2.20. The van der Waals surface area contributed by atoms with Crippen LogP contribution >= 0.6 is 0 Å². The summed E-state index contributed by atoms with van der Waals surface area (Å²) in [4.78, 5) is 14.4. The van der Waals surface area contributed by atoms with E-state index in [1.165, 1.54) is 25.3 Å². The second-order valence-corrected chi connectivity index (χ2v) is 3.19. The second-order valence-electron chi connectivity index (χ2n) is 3.19. The molecule has 0 aliphatic heterocycles. The van der Waals surface area contributed by atoms with Gasteiger partial charge in [0, 0.05) is 29.3 Å². The number of carboxylic acid groups (broad SMARTS) is 1. The first-order chi connectivity index (χ1) is 7.61. The van der Waals surface area contributed by atoms with E-state index in [0.717, 1.165) is 6.20 Å². The lowest BCUT2D eigenvalue weighted by Crippen LogP contribution is -2.22. The predicted octanol–water partition coefficient (Wildman–Crippen LogP) is 0.746. The normalized spacial score (nSPS) is 10.4. The highest BCUT2D eigenvalue weighted by Gasteiger charge is 2.06. The van der Waals surface area contributed by atoms with Gasteiger partial charge in [0.15, 0.2) is 0 Å². The number of fused-ring (bicyclic) bond motifs is 1. The van der Waals surface area contributed by atoms with Crippen molar-refractivity contribution in [1.29, 1.82) is 0 Å². The molecule has 0 unspecified atom stereocenters. The van der Waals surface area contributed by atoms with Crippen molar-refractivity contribution in [3.63, 3.8) is 0 Å². The number of aromatic carboxylic acids is 1. The number of benzene rings is 1.